The maximum absolute atomic E-state index is 14.0. The second-order valence-corrected chi connectivity index (χ2v) is 4.75. The van der Waals surface area contributed by atoms with E-state index in [1.807, 2.05) is 0 Å². The van der Waals surface area contributed by atoms with E-state index in [2.05, 4.69) is 5.32 Å². The topological polar surface area (TPSA) is 12.0 Å². The fraction of sp³-hybridized carbons (Fsp3) is 0.500. The molecular weight excluding hydrogens is 232 g/mol. The average Bonchev–Trinajstić information content (AvgIpc) is 2.23. The van der Waals surface area contributed by atoms with E-state index in [4.69, 9.17) is 11.6 Å². The summed E-state index contributed by atoms with van der Waals surface area (Å²) in [4.78, 5) is 0. The van der Waals surface area contributed by atoms with Crippen molar-refractivity contribution >= 4 is 11.6 Å². The molecule has 1 aromatic rings. The van der Waals surface area contributed by atoms with Crippen LogP contribution in [-0.4, -0.2) is 12.5 Å². The van der Waals surface area contributed by atoms with E-state index in [0.717, 1.165) is 0 Å². The molecule has 0 bridgehead atoms. The number of benzene rings is 1. The monoisotopic (exact) mass is 245 g/mol. The normalized spacial score (nSPS) is 29.0. The van der Waals surface area contributed by atoms with E-state index >= 15 is 0 Å². The first-order chi connectivity index (χ1) is 7.47. The number of nitrogens with one attached hydrogen (secondary N) is 1. The van der Waals surface area contributed by atoms with Gasteiger partial charge >= 0.3 is 0 Å². The van der Waals surface area contributed by atoms with E-state index in [9.17, 15) is 8.78 Å². The first-order valence-electron chi connectivity index (χ1n) is 5.35. The van der Waals surface area contributed by atoms with Crippen molar-refractivity contribution in [3.63, 3.8) is 0 Å². The van der Waals surface area contributed by atoms with Crippen LogP contribution in [0.3, 0.4) is 0 Å². The van der Waals surface area contributed by atoms with Gasteiger partial charge in [-0.3, -0.25) is 0 Å². The standard InChI is InChI=1S/C12H14ClF2N/c1-11(9-5-2-3-6-10(9)13)12(14,15)7-4-8-16-11/h2-3,5-6,16H,4,7-8H2,1H3. The third-order valence-corrected chi connectivity index (χ3v) is 3.62. The zero-order chi connectivity index (χ0) is 11.8. The molecule has 0 aromatic heterocycles. The van der Waals surface area contributed by atoms with Gasteiger partial charge in [0.25, 0.3) is 5.92 Å². The van der Waals surface area contributed by atoms with Gasteiger partial charge < -0.3 is 5.32 Å². The van der Waals surface area contributed by atoms with Crippen LogP contribution in [-0.2, 0) is 5.54 Å². The quantitative estimate of drug-likeness (QED) is 0.798. The molecule has 1 heterocycles. The second kappa shape index (κ2) is 3.97. The lowest BCUT2D eigenvalue weighted by atomic mass is 9.80. The van der Waals surface area contributed by atoms with Gasteiger partial charge in [0.15, 0.2) is 0 Å². The van der Waals surface area contributed by atoms with E-state index in [0.29, 0.717) is 23.6 Å². The number of piperidine rings is 1. The molecule has 0 radical (unpaired) electrons. The van der Waals surface area contributed by atoms with Gasteiger partial charge in [-0.05, 0) is 31.5 Å². The number of halogens is 3. The highest BCUT2D eigenvalue weighted by atomic mass is 35.5. The summed E-state index contributed by atoms with van der Waals surface area (Å²) in [5.74, 6) is -2.77. The first-order valence-corrected chi connectivity index (χ1v) is 5.73. The fourth-order valence-corrected chi connectivity index (χ4v) is 2.51. The molecule has 0 aliphatic carbocycles. The zero-order valence-corrected chi connectivity index (χ0v) is 9.82. The Morgan fingerprint density at radius 3 is 2.62 bits per heavy atom. The van der Waals surface area contributed by atoms with Crippen molar-refractivity contribution in [3.8, 4) is 0 Å². The van der Waals surface area contributed by atoms with Crippen LogP contribution in [0.15, 0.2) is 24.3 Å². The van der Waals surface area contributed by atoms with Crippen LogP contribution in [0.25, 0.3) is 0 Å². The molecule has 1 atom stereocenters. The van der Waals surface area contributed by atoms with Crippen molar-refractivity contribution in [2.75, 3.05) is 6.54 Å². The maximum Gasteiger partial charge on any atom is 0.269 e. The van der Waals surface area contributed by atoms with Gasteiger partial charge in [-0.2, -0.15) is 0 Å². The summed E-state index contributed by atoms with van der Waals surface area (Å²) in [7, 11) is 0. The minimum absolute atomic E-state index is 0.0955. The summed E-state index contributed by atoms with van der Waals surface area (Å²) in [5, 5.41) is 3.30. The molecule has 0 amide bonds. The molecule has 1 unspecified atom stereocenters. The van der Waals surface area contributed by atoms with Gasteiger partial charge in [-0.25, -0.2) is 8.78 Å². The van der Waals surface area contributed by atoms with Crippen LogP contribution in [0.4, 0.5) is 8.78 Å². The largest absolute Gasteiger partial charge is 0.303 e. The Labute approximate surface area is 98.8 Å². The number of hydrogen-bond acceptors (Lipinski definition) is 1. The number of alkyl halides is 2. The summed E-state index contributed by atoms with van der Waals surface area (Å²) >= 11 is 6.00. The minimum atomic E-state index is -2.77. The lowest BCUT2D eigenvalue weighted by Crippen LogP contribution is -2.57. The lowest BCUT2D eigenvalue weighted by molar-refractivity contribution is -0.110. The third kappa shape index (κ3) is 1.72. The summed E-state index contributed by atoms with van der Waals surface area (Å²) in [5.41, 5.74) is -0.884. The molecule has 1 aromatic carbocycles. The molecular formula is C12H14ClF2N. The lowest BCUT2D eigenvalue weighted by Gasteiger charge is -2.42. The second-order valence-electron chi connectivity index (χ2n) is 4.34. The van der Waals surface area contributed by atoms with Crippen LogP contribution >= 0.6 is 11.6 Å². The molecule has 1 N–H and O–H groups in total. The van der Waals surface area contributed by atoms with Crippen LogP contribution in [0.2, 0.25) is 5.02 Å². The van der Waals surface area contributed by atoms with Gasteiger partial charge in [0.1, 0.15) is 5.54 Å². The molecule has 0 saturated carbocycles. The highest BCUT2D eigenvalue weighted by molar-refractivity contribution is 6.31. The Balaban J connectivity index is 2.48. The van der Waals surface area contributed by atoms with Crippen LogP contribution < -0.4 is 5.32 Å². The van der Waals surface area contributed by atoms with Gasteiger partial charge in [-0.1, -0.05) is 29.8 Å². The summed E-state index contributed by atoms with van der Waals surface area (Å²) < 4.78 is 28.0. The molecule has 1 aliphatic rings. The van der Waals surface area contributed by atoms with E-state index < -0.39 is 11.5 Å². The number of rotatable bonds is 1. The van der Waals surface area contributed by atoms with Crippen LogP contribution in [0, 0.1) is 0 Å². The van der Waals surface area contributed by atoms with E-state index in [-0.39, 0.29) is 6.42 Å². The molecule has 1 nitrogen and oxygen atoms in total. The Morgan fingerprint density at radius 2 is 2.00 bits per heavy atom. The van der Waals surface area contributed by atoms with E-state index in [1.165, 1.54) is 6.92 Å². The molecule has 88 valence electrons. The number of hydrogen-bond donors (Lipinski definition) is 1. The molecule has 0 spiro atoms. The Kier molecular flexibility index (Phi) is 2.93. The van der Waals surface area contributed by atoms with Crippen molar-refractivity contribution in [1.82, 2.24) is 5.32 Å². The average molecular weight is 246 g/mol. The van der Waals surface area contributed by atoms with Gasteiger partial charge in [0.2, 0.25) is 0 Å². The van der Waals surface area contributed by atoms with Gasteiger partial charge in [0, 0.05) is 11.4 Å². The van der Waals surface area contributed by atoms with Crippen molar-refractivity contribution in [2.45, 2.75) is 31.2 Å². The first kappa shape index (κ1) is 11.8. The van der Waals surface area contributed by atoms with Crippen LogP contribution in [0.1, 0.15) is 25.3 Å². The zero-order valence-electron chi connectivity index (χ0n) is 9.06. The van der Waals surface area contributed by atoms with Crippen LogP contribution in [0.5, 0.6) is 0 Å². The Bertz CT molecular complexity index is 394. The van der Waals surface area contributed by atoms with Crippen molar-refractivity contribution in [1.29, 1.82) is 0 Å². The highest BCUT2D eigenvalue weighted by Gasteiger charge is 2.53. The van der Waals surface area contributed by atoms with E-state index in [1.54, 1.807) is 24.3 Å². The molecule has 4 heteroatoms. The van der Waals surface area contributed by atoms with Crippen molar-refractivity contribution in [3.05, 3.63) is 34.9 Å². The van der Waals surface area contributed by atoms with Crippen molar-refractivity contribution in [2.24, 2.45) is 0 Å². The maximum atomic E-state index is 14.0. The Hall–Kier alpha value is -0.670. The highest BCUT2D eigenvalue weighted by Crippen LogP contribution is 2.44. The SMILES string of the molecule is CC1(c2ccccc2Cl)NCCCC1(F)F. The predicted molar refractivity (Wildman–Crippen MR) is 61.0 cm³/mol. The molecule has 1 fully saturated rings. The molecule has 1 saturated heterocycles. The smallest absolute Gasteiger partial charge is 0.269 e. The fourth-order valence-electron chi connectivity index (χ4n) is 2.19. The molecule has 2 rings (SSSR count). The Morgan fingerprint density at radius 1 is 1.31 bits per heavy atom. The molecule has 1 aliphatic heterocycles. The third-order valence-electron chi connectivity index (χ3n) is 3.29. The van der Waals surface area contributed by atoms with Gasteiger partial charge in [-0.15, -0.1) is 0 Å². The molecule has 16 heavy (non-hydrogen) atoms. The predicted octanol–water partition coefficient (Wildman–Crippen LogP) is 3.57. The minimum Gasteiger partial charge on any atom is -0.303 e. The van der Waals surface area contributed by atoms with Crippen molar-refractivity contribution < 1.29 is 8.78 Å². The summed E-state index contributed by atoms with van der Waals surface area (Å²) in [6.45, 7) is 2.12. The van der Waals surface area contributed by atoms with Gasteiger partial charge in [0.05, 0.1) is 0 Å². The summed E-state index contributed by atoms with van der Waals surface area (Å²) in [6.07, 6.45) is 0.398. The summed E-state index contributed by atoms with van der Waals surface area (Å²) in [6, 6.07) is 6.79.